The number of unbranched alkanes of at least 4 members (excludes halogenated alkanes) is 7. The summed E-state index contributed by atoms with van der Waals surface area (Å²) in [7, 11) is 0. The molecule has 0 aliphatic heterocycles. The number of carbonyl (C=O) groups excluding carboxylic acids is 1. The Morgan fingerprint density at radius 1 is 0.941 bits per heavy atom. The molecule has 1 aromatic heterocycles. The van der Waals surface area contributed by atoms with Gasteiger partial charge < -0.3 is 10.1 Å². The fourth-order valence-electron chi connectivity index (χ4n) is 4.23. The molecular formula is C30H47N2O2+. The molecular weight excluding hydrogens is 420 g/mol. The lowest BCUT2D eigenvalue weighted by Gasteiger charge is -2.24. The standard InChI is InChI=1S/C30H46N2O2/c1-6-8-9-10-11-12-13-16-21-34-28-19-18-25(22-27(28)30(3,4)5)23-29(33)31-24-26-17-14-15-20-32(26)7-2/h14-15,17-20,22H,6-13,16,21,23-24H2,1-5H3/p+1. The second-order valence-electron chi connectivity index (χ2n) is 10.3. The van der Waals surface area contributed by atoms with Crippen LogP contribution in [0.25, 0.3) is 0 Å². The smallest absolute Gasteiger partial charge is 0.224 e. The minimum atomic E-state index is -0.0438. The molecule has 1 amide bonds. The van der Waals surface area contributed by atoms with E-state index in [-0.39, 0.29) is 11.3 Å². The van der Waals surface area contributed by atoms with Crippen molar-refractivity contribution in [2.75, 3.05) is 6.61 Å². The number of aryl methyl sites for hydroxylation is 1. The number of nitrogens with one attached hydrogen (secondary N) is 1. The van der Waals surface area contributed by atoms with Gasteiger partial charge in [0.1, 0.15) is 18.8 Å². The van der Waals surface area contributed by atoms with E-state index in [0.717, 1.165) is 36.6 Å². The van der Waals surface area contributed by atoms with Gasteiger partial charge in [0.05, 0.1) is 13.0 Å². The van der Waals surface area contributed by atoms with Crippen LogP contribution in [-0.4, -0.2) is 12.5 Å². The topological polar surface area (TPSA) is 42.2 Å². The molecule has 1 N–H and O–H groups in total. The second kappa shape index (κ2) is 14.8. The van der Waals surface area contributed by atoms with Crippen molar-refractivity contribution in [1.82, 2.24) is 5.32 Å². The Hall–Kier alpha value is -2.36. The van der Waals surface area contributed by atoms with Gasteiger partial charge in [-0.2, -0.15) is 0 Å². The zero-order valence-corrected chi connectivity index (χ0v) is 22.3. The monoisotopic (exact) mass is 467 g/mol. The van der Waals surface area contributed by atoms with Gasteiger partial charge in [0, 0.05) is 12.1 Å². The van der Waals surface area contributed by atoms with E-state index in [4.69, 9.17) is 4.74 Å². The molecule has 0 aliphatic carbocycles. The minimum absolute atomic E-state index is 0.0407. The number of benzene rings is 1. The van der Waals surface area contributed by atoms with Crippen molar-refractivity contribution in [3.05, 3.63) is 59.4 Å². The summed E-state index contributed by atoms with van der Waals surface area (Å²) < 4.78 is 8.35. The Kier molecular flexibility index (Phi) is 12.1. The van der Waals surface area contributed by atoms with Gasteiger partial charge in [0.2, 0.25) is 11.6 Å². The van der Waals surface area contributed by atoms with Gasteiger partial charge in [-0.05, 0) is 36.0 Å². The van der Waals surface area contributed by atoms with Crippen molar-refractivity contribution < 1.29 is 14.1 Å². The summed E-state index contributed by atoms with van der Waals surface area (Å²) in [4.78, 5) is 12.6. The van der Waals surface area contributed by atoms with Crippen molar-refractivity contribution in [2.24, 2.45) is 0 Å². The summed E-state index contributed by atoms with van der Waals surface area (Å²) in [6, 6.07) is 12.3. The normalized spacial score (nSPS) is 11.4. The maximum absolute atomic E-state index is 12.6. The van der Waals surface area contributed by atoms with E-state index in [2.05, 4.69) is 62.7 Å². The summed E-state index contributed by atoms with van der Waals surface area (Å²) in [6.07, 6.45) is 12.8. The number of hydrogen-bond donors (Lipinski definition) is 1. The molecule has 4 nitrogen and oxygen atoms in total. The number of aromatic nitrogens is 1. The quantitative estimate of drug-likeness (QED) is 0.235. The summed E-state index contributed by atoms with van der Waals surface area (Å²) in [5.74, 6) is 0.992. The molecule has 0 saturated carbocycles. The van der Waals surface area contributed by atoms with E-state index in [9.17, 15) is 4.79 Å². The average molecular weight is 468 g/mol. The zero-order valence-electron chi connectivity index (χ0n) is 22.3. The Morgan fingerprint density at radius 3 is 2.32 bits per heavy atom. The SMILES string of the molecule is CCCCCCCCCCOc1ccc(CC(=O)NCc2cccc[n+]2CC)cc1C(C)(C)C. The molecule has 0 atom stereocenters. The number of carbonyl (C=O) groups is 1. The second-order valence-corrected chi connectivity index (χ2v) is 10.3. The Bertz CT molecular complexity index is 870. The van der Waals surface area contributed by atoms with E-state index < -0.39 is 0 Å². The molecule has 1 aromatic carbocycles. The molecule has 4 heteroatoms. The van der Waals surface area contributed by atoms with Gasteiger partial charge in [0.25, 0.3) is 0 Å². The lowest BCUT2D eigenvalue weighted by atomic mass is 9.85. The first-order valence-electron chi connectivity index (χ1n) is 13.4. The fourth-order valence-corrected chi connectivity index (χ4v) is 4.23. The minimum Gasteiger partial charge on any atom is -0.493 e. The molecule has 188 valence electrons. The van der Waals surface area contributed by atoms with Gasteiger partial charge in [-0.1, -0.05) is 90.8 Å². The summed E-state index contributed by atoms with van der Waals surface area (Å²) in [5.41, 5.74) is 3.26. The van der Waals surface area contributed by atoms with Crippen molar-refractivity contribution in [3.8, 4) is 5.75 Å². The Balaban J connectivity index is 1.86. The third-order valence-electron chi connectivity index (χ3n) is 6.31. The summed E-state index contributed by atoms with van der Waals surface area (Å²) in [5, 5.41) is 3.07. The maximum Gasteiger partial charge on any atom is 0.224 e. The van der Waals surface area contributed by atoms with Crippen LogP contribution in [0.15, 0.2) is 42.6 Å². The summed E-state index contributed by atoms with van der Waals surface area (Å²) >= 11 is 0. The van der Waals surface area contributed by atoms with Crippen LogP contribution < -0.4 is 14.6 Å². The molecule has 0 unspecified atom stereocenters. The third-order valence-corrected chi connectivity index (χ3v) is 6.31. The first-order chi connectivity index (χ1) is 16.3. The number of hydrogen-bond acceptors (Lipinski definition) is 2. The molecule has 0 fully saturated rings. The molecule has 2 aromatic rings. The number of rotatable bonds is 15. The van der Waals surface area contributed by atoms with Crippen molar-refractivity contribution in [2.45, 2.75) is 111 Å². The van der Waals surface area contributed by atoms with Gasteiger partial charge in [-0.15, -0.1) is 0 Å². The maximum atomic E-state index is 12.6. The molecule has 2 rings (SSSR count). The highest BCUT2D eigenvalue weighted by atomic mass is 16.5. The third kappa shape index (κ3) is 9.87. The van der Waals surface area contributed by atoms with Crippen LogP contribution in [0.4, 0.5) is 0 Å². The van der Waals surface area contributed by atoms with E-state index >= 15 is 0 Å². The molecule has 0 aliphatic rings. The van der Waals surface area contributed by atoms with Crippen molar-refractivity contribution in [3.63, 3.8) is 0 Å². The molecule has 0 bridgehead atoms. The Morgan fingerprint density at radius 2 is 1.65 bits per heavy atom. The fraction of sp³-hybridized carbons (Fsp3) is 0.600. The summed E-state index contributed by atoms with van der Waals surface area (Å²) in [6.45, 7) is 13.2. The number of amides is 1. The van der Waals surface area contributed by atoms with Crippen LogP contribution in [0.3, 0.4) is 0 Å². The van der Waals surface area contributed by atoms with Gasteiger partial charge in [-0.25, -0.2) is 4.57 Å². The van der Waals surface area contributed by atoms with Crippen molar-refractivity contribution >= 4 is 5.91 Å². The van der Waals surface area contributed by atoms with Gasteiger partial charge in [-0.3, -0.25) is 4.79 Å². The number of pyridine rings is 1. The average Bonchev–Trinajstić information content (AvgIpc) is 2.82. The molecule has 0 radical (unpaired) electrons. The predicted octanol–water partition coefficient (Wildman–Crippen LogP) is 6.67. The predicted molar refractivity (Wildman–Crippen MR) is 141 cm³/mol. The van der Waals surface area contributed by atoms with E-state index in [1.165, 1.54) is 50.5 Å². The van der Waals surface area contributed by atoms with Crippen LogP contribution in [0, 0.1) is 0 Å². The lowest BCUT2D eigenvalue weighted by molar-refractivity contribution is -0.701. The lowest BCUT2D eigenvalue weighted by Crippen LogP contribution is -2.40. The first-order valence-corrected chi connectivity index (χ1v) is 13.4. The first kappa shape index (κ1) is 27.9. The van der Waals surface area contributed by atoms with Crippen LogP contribution >= 0.6 is 0 Å². The van der Waals surface area contributed by atoms with Gasteiger partial charge >= 0.3 is 0 Å². The molecule has 0 saturated heterocycles. The van der Waals surface area contributed by atoms with E-state index in [1.807, 2.05) is 24.4 Å². The zero-order chi connectivity index (χ0) is 24.8. The van der Waals surface area contributed by atoms with E-state index in [0.29, 0.717) is 13.0 Å². The highest BCUT2D eigenvalue weighted by molar-refractivity contribution is 5.78. The molecule has 34 heavy (non-hydrogen) atoms. The van der Waals surface area contributed by atoms with Crippen molar-refractivity contribution in [1.29, 1.82) is 0 Å². The van der Waals surface area contributed by atoms with Crippen LogP contribution in [0.2, 0.25) is 0 Å². The van der Waals surface area contributed by atoms with Crippen LogP contribution in [-0.2, 0) is 29.7 Å². The number of ether oxygens (including phenoxy) is 1. The highest BCUT2D eigenvalue weighted by Crippen LogP contribution is 2.32. The number of nitrogens with zero attached hydrogens (tertiary/aromatic N) is 1. The highest BCUT2D eigenvalue weighted by Gasteiger charge is 2.20. The van der Waals surface area contributed by atoms with E-state index in [1.54, 1.807) is 0 Å². The molecule has 0 spiro atoms. The van der Waals surface area contributed by atoms with Crippen LogP contribution in [0.1, 0.15) is 103 Å². The Labute approximate surface area is 208 Å². The van der Waals surface area contributed by atoms with Gasteiger partial charge in [0.15, 0.2) is 6.20 Å². The molecule has 1 heterocycles. The largest absolute Gasteiger partial charge is 0.493 e. The van der Waals surface area contributed by atoms with Crippen LogP contribution in [0.5, 0.6) is 5.75 Å².